The largest absolute Gasteiger partial charge is 0.371 e. The highest BCUT2D eigenvalue weighted by molar-refractivity contribution is 5.81. The summed E-state index contributed by atoms with van der Waals surface area (Å²) in [5.41, 5.74) is 1.69. The highest BCUT2D eigenvalue weighted by Gasteiger charge is 2.48. The number of carbonyl (C=O) groups excluding carboxylic acids is 1. The van der Waals surface area contributed by atoms with Crippen LogP contribution < -0.4 is 10.6 Å². The molecule has 2 fully saturated rings. The number of benzene rings is 1. The molecule has 2 aliphatic heterocycles. The van der Waals surface area contributed by atoms with E-state index in [9.17, 15) is 4.79 Å². The Bertz CT molecular complexity index is 981. The maximum atomic E-state index is 12.3. The van der Waals surface area contributed by atoms with Gasteiger partial charge in [0.2, 0.25) is 11.9 Å². The van der Waals surface area contributed by atoms with Gasteiger partial charge in [-0.15, -0.1) is 0 Å². The number of carbonyl (C=O) groups is 1. The van der Waals surface area contributed by atoms with E-state index in [-0.39, 0.29) is 30.2 Å². The van der Waals surface area contributed by atoms with Gasteiger partial charge in [-0.2, -0.15) is 5.26 Å². The van der Waals surface area contributed by atoms with Crippen molar-refractivity contribution in [3.8, 4) is 17.3 Å². The Hall–Kier alpha value is -3.02. The fourth-order valence-electron chi connectivity index (χ4n) is 3.63. The first-order valence-electron chi connectivity index (χ1n) is 9.99. The van der Waals surface area contributed by atoms with Gasteiger partial charge in [-0.05, 0) is 18.2 Å². The molecule has 1 amide bonds. The summed E-state index contributed by atoms with van der Waals surface area (Å²) >= 11 is 0. The minimum absolute atomic E-state index is 0.0209. The van der Waals surface area contributed by atoms with Crippen molar-refractivity contribution in [3.63, 3.8) is 0 Å². The van der Waals surface area contributed by atoms with Crippen molar-refractivity contribution in [3.05, 3.63) is 42.1 Å². The topological polar surface area (TPSA) is 109 Å². The maximum absolute atomic E-state index is 12.3. The molecule has 1 aromatic heterocycles. The van der Waals surface area contributed by atoms with E-state index in [0.717, 1.165) is 11.3 Å². The number of fused-ring (bicyclic) bond motifs is 1. The normalized spacial score (nSPS) is 25.4. The van der Waals surface area contributed by atoms with Crippen molar-refractivity contribution in [1.29, 1.82) is 5.26 Å². The minimum Gasteiger partial charge on any atom is -0.371 e. The zero-order chi connectivity index (χ0) is 21.3. The molecule has 156 valence electrons. The zero-order valence-corrected chi connectivity index (χ0v) is 17.3. The number of nitrogens with one attached hydrogen (secondary N) is 2. The summed E-state index contributed by atoms with van der Waals surface area (Å²) < 4.78 is 11.9. The highest BCUT2D eigenvalue weighted by atomic mass is 16.6. The Morgan fingerprint density at radius 3 is 2.63 bits per heavy atom. The fourth-order valence-corrected chi connectivity index (χ4v) is 3.63. The second-order valence-electron chi connectivity index (χ2n) is 8.63. The van der Waals surface area contributed by atoms with Crippen LogP contribution in [0, 0.1) is 16.7 Å². The third-order valence-electron chi connectivity index (χ3n) is 5.31. The monoisotopic (exact) mass is 407 g/mol. The predicted molar refractivity (Wildman–Crippen MR) is 110 cm³/mol. The van der Waals surface area contributed by atoms with Crippen molar-refractivity contribution in [2.45, 2.75) is 45.1 Å². The van der Waals surface area contributed by atoms with E-state index in [4.69, 9.17) is 14.7 Å². The molecule has 2 N–H and O–H groups in total. The summed E-state index contributed by atoms with van der Waals surface area (Å²) in [4.78, 5) is 21.2. The van der Waals surface area contributed by atoms with Crippen LogP contribution in [0.25, 0.3) is 11.3 Å². The van der Waals surface area contributed by atoms with Crippen LogP contribution in [0.4, 0.5) is 5.95 Å². The van der Waals surface area contributed by atoms with Crippen LogP contribution >= 0.6 is 0 Å². The molecule has 0 unspecified atom stereocenters. The molecular weight excluding hydrogens is 382 g/mol. The number of rotatable bonds is 4. The second-order valence-corrected chi connectivity index (χ2v) is 8.63. The molecule has 8 nitrogen and oxygen atoms in total. The molecule has 4 atom stereocenters. The second kappa shape index (κ2) is 8.01. The van der Waals surface area contributed by atoms with E-state index in [1.807, 2.05) is 32.9 Å². The molecule has 4 rings (SSSR count). The van der Waals surface area contributed by atoms with Crippen molar-refractivity contribution in [2.24, 2.45) is 5.41 Å². The summed E-state index contributed by atoms with van der Waals surface area (Å²) in [5, 5.41) is 15.5. The molecule has 0 aliphatic carbocycles. The van der Waals surface area contributed by atoms with Gasteiger partial charge < -0.3 is 20.1 Å². The summed E-state index contributed by atoms with van der Waals surface area (Å²) in [6, 6.07) is 10.9. The van der Waals surface area contributed by atoms with Crippen molar-refractivity contribution in [1.82, 2.24) is 15.3 Å². The number of hydrogen-bond acceptors (Lipinski definition) is 7. The Balaban J connectivity index is 1.44. The van der Waals surface area contributed by atoms with Crippen LogP contribution in [0.15, 0.2) is 36.5 Å². The lowest BCUT2D eigenvalue weighted by molar-refractivity contribution is -0.129. The molecular formula is C22H25N5O3. The van der Waals surface area contributed by atoms with Crippen molar-refractivity contribution in [2.75, 3.05) is 18.5 Å². The van der Waals surface area contributed by atoms with E-state index in [0.29, 0.717) is 24.7 Å². The fraction of sp³-hybridized carbons (Fsp3) is 0.455. The molecule has 0 saturated carbocycles. The van der Waals surface area contributed by atoms with Crippen molar-refractivity contribution >= 4 is 11.9 Å². The Morgan fingerprint density at radius 2 is 1.90 bits per heavy atom. The summed E-state index contributed by atoms with van der Waals surface area (Å²) in [6.07, 6.45) is 1.28. The number of amides is 1. The minimum atomic E-state index is -0.467. The molecule has 2 saturated heterocycles. The molecule has 0 bridgehead atoms. The summed E-state index contributed by atoms with van der Waals surface area (Å²) in [7, 11) is 0. The SMILES string of the molecule is CC(C)(C)C(=O)N[C@@H]1CO[C@@H]2[C@@H]1OC[C@@H]2Nc1nccc(-c2cccc(C#N)c2)n1. The van der Waals surface area contributed by atoms with Gasteiger partial charge in [-0.3, -0.25) is 4.79 Å². The summed E-state index contributed by atoms with van der Waals surface area (Å²) in [5.74, 6) is 0.447. The highest BCUT2D eigenvalue weighted by Crippen LogP contribution is 2.29. The third-order valence-corrected chi connectivity index (χ3v) is 5.31. The first-order valence-corrected chi connectivity index (χ1v) is 9.99. The Morgan fingerprint density at radius 1 is 1.17 bits per heavy atom. The van der Waals surface area contributed by atoms with Crippen LogP contribution in [-0.4, -0.2) is 53.4 Å². The van der Waals surface area contributed by atoms with E-state index < -0.39 is 5.41 Å². The van der Waals surface area contributed by atoms with E-state index >= 15 is 0 Å². The molecule has 0 spiro atoms. The Labute approximate surface area is 175 Å². The maximum Gasteiger partial charge on any atom is 0.225 e. The van der Waals surface area contributed by atoms with Crippen molar-refractivity contribution < 1.29 is 14.3 Å². The average molecular weight is 407 g/mol. The lowest BCUT2D eigenvalue weighted by Crippen LogP contribution is -2.48. The predicted octanol–water partition coefficient (Wildman–Crippen LogP) is 2.12. The van der Waals surface area contributed by atoms with Crippen LogP contribution in [0.3, 0.4) is 0 Å². The van der Waals surface area contributed by atoms with Crippen LogP contribution in [-0.2, 0) is 14.3 Å². The van der Waals surface area contributed by atoms with Gasteiger partial charge in [0.15, 0.2) is 0 Å². The van der Waals surface area contributed by atoms with Gasteiger partial charge in [0, 0.05) is 17.2 Å². The van der Waals surface area contributed by atoms with E-state index in [2.05, 4.69) is 26.7 Å². The molecule has 2 aromatic rings. The lowest BCUT2D eigenvalue weighted by atomic mass is 9.94. The zero-order valence-electron chi connectivity index (χ0n) is 17.3. The molecule has 3 heterocycles. The van der Waals surface area contributed by atoms with E-state index in [1.165, 1.54) is 0 Å². The van der Waals surface area contributed by atoms with Crippen LogP contribution in [0.1, 0.15) is 26.3 Å². The van der Waals surface area contributed by atoms with Crippen LogP contribution in [0.5, 0.6) is 0 Å². The average Bonchev–Trinajstić information content (AvgIpc) is 3.31. The van der Waals surface area contributed by atoms with Gasteiger partial charge in [-0.25, -0.2) is 9.97 Å². The number of ether oxygens (including phenoxy) is 2. The van der Waals surface area contributed by atoms with Gasteiger partial charge in [0.05, 0.1) is 42.6 Å². The van der Waals surface area contributed by atoms with Gasteiger partial charge >= 0.3 is 0 Å². The first kappa shape index (κ1) is 20.3. The third kappa shape index (κ3) is 4.13. The number of nitrogens with zero attached hydrogens (tertiary/aromatic N) is 3. The molecule has 0 radical (unpaired) electrons. The van der Waals surface area contributed by atoms with Gasteiger partial charge in [0.25, 0.3) is 0 Å². The van der Waals surface area contributed by atoms with E-state index in [1.54, 1.807) is 24.4 Å². The smallest absolute Gasteiger partial charge is 0.225 e. The lowest BCUT2D eigenvalue weighted by Gasteiger charge is -2.23. The number of hydrogen-bond donors (Lipinski definition) is 2. The standard InChI is InChI=1S/C22H25N5O3/c1-22(2,3)20(28)25-16-11-29-19-17(12-30-18(16)19)27-21-24-8-7-15(26-21)14-6-4-5-13(9-14)10-23/h4-9,16-19H,11-12H2,1-3H3,(H,25,28)(H,24,26,27)/t16-,17+,18-,19+/m1/s1. The molecule has 1 aromatic carbocycles. The first-order chi connectivity index (χ1) is 14.3. The molecule has 8 heteroatoms. The number of anilines is 1. The number of aromatic nitrogens is 2. The number of nitriles is 1. The van der Waals surface area contributed by atoms with Gasteiger partial charge in [-0.1, -0.05) is 32.9 Å². The quantitative estimate of drug-likeness (QED) is 0.799. The molecule has 2 aliphatic rings. The van der Waals surface area contributed by atoms with Crippen LogP contribution in [0.2, 0.25) is 0 Å². The summed E-state index contributed by atoms with van der Waals surface area (Å²) in [6.45, 7) is 6.50. The molecule has 30 heavy (non-hydrogen) atoms. The van der Waals surface area contributed by atoms with Gasteiger partial charge in [0.1, 0.15) is 12.2 Å². The Kier molecular flexibility index (Phi) is 5.41.